The highest BCUT2D eigenvalue weighted by molar-refractivity contribution is 5.73. The van der Waals surface area contributed by atoms with E-state index in [1.54, 1.807) is 19.1 Å². The van der Waals surface area contributed by atoms with E-state index in [1.165, 1.54) is 19.4 Å². The smallest absolute Gasteiger partial charge is 0.410 e. The molecule has 0 N–H and O–H groups in total. The first-order valence-electron chi connectivity index (χ1n) is 13.6. The molecular weight excluding hydrogens is 517 g/mol. The number of carbonyl (C=O) groups excluding carboxylic acids is 1. The van der Waals surface area contributed by atoms with Gasteiger partial charge in [-0.05, 0) is 70.7 Å². The maximum atomic E-state index is 15.2. The van der Waals surface area contributed by atoms with Crippen LogP contribution < -0.4 is 9.64 Å². The van der Waals surface area contributed by atoms with Gasteiger partial charge in [0.2, 0.25) is 0 Å². The number of hydrogen-bond donors (Lipinski definition) is 0. The van der Waals surface area contributed by atoms with Crippen molar-refractivity contribution in [2.24, 2.45) is 0 Å². The summed E-state index contributed by atoms with van der Waals surface area (Å²) in [6.45, 7) is 8.73. The summed E-state index contributed by atoms with van der Waals surface area (Å²) in [5.74, 6) is 1.31. The number of oxazole rings is 1. The Balaban J connectivity index is 1.35. The summed E-state index contributed by atoms with van der Waals surface area (Å²) in [6.07, 6.45) is 5.18. The minimum atomic E-state index is -0.546. The van der Waals surface area contributed by atoms with E-state index in [4.69, 9.17) is 18.6 Å². The fourth-order valence-electron chi connectivity index (χ4n) is 5.06. The Morgan fingerprint density at radius 2 is 1.95 bits per heavy atom. The van der Waals surface area contributed by atoms with Crippen LogP contribution in [-0.4, -0.2) is 70.9 Å². The predicted molar refractivity (Wildman–Crippen MR) is 146 cm³/mol. The second kappa shape index (κ2) is 11.4. The van der Waals surface area contributed by atoms with Crippen LogP contribution in [-0.2, 0) is 9.47 Å². The summed E-state index contributed by atoms with van der Waals surface area (Å²) in [6, 6.07) is 6.81. The van der Waals surface area contributed by atoms with Gasteiger partial charge in [-0.15, -0.1) is 10.2 Å². The van der Waals surface area contributed by atoms with Crippen LogP contribution >= 0.6 is 0 Å². The molecule has 1 aliphatic heterocycles. The summed E-state index contributed by atoms with van der Waals surface area (Å²) in [5, 5.41) is 8.86. The number of methoxy groups -OCH3 is 1. The Hall–Kier alpha value is -3.73. The third-order valence-corrected chi connectivity index (χ3v) is 7.17. The number of nitrogens with zero attached hydrogens (tertiary/aromatic N) is 5. The van der Waals surface area contributed by atoms with Crippen molar-refractivity contribution in [1.29, 1.82) is 0 Å². The lowest BCUT2D eigenvalue weighted by Gasteiger charge is -2.41. The highest BCUT2D eigenvalue weighted by atomic mass is 19.1. The molecule has 1 saturated carbocycles. The van der Waals surface area contributed by atoms with Crippen LogP contribution in [0.1, 0.15) is 52.3 Å². The summed E-state index contributed by atoms with van der Waals surface area (Å²) in [5.41, 5.74) is 0.573. The van der Waals surface area contributed by atoms with Crippen molar-refractivity contribution >= 4 is 11.9 Å². The molecule has 1 amide bonds. The van der Waals surface area contributed by atoms with E-state index < -0.39 is 11.4 Å². The Bertz CT molecular complexity index is 1340. The highest BCUT2D eigenvalue weighted by Crippen LogP contribution is 2.37. The van der Waals surface area contributed by atoms with Crippen molar-refractivity contribution in [3.63, 3.8) is 0 Å². The van der Waals surface area contributed by atoms with Gasteiger partial charge in [-0.25, -0.2) is 14.2 Å². The molecule has 214 valence electrons. The Labute approximate surface area is 233 Å². The van der Waals surface area contributed by atoms with Crippen LogP contribution in [0.3, 0.4) is 0 Å². The fourth-order valence-corrected chi connectivity index (χ4v) is 5.06. The topological polar surface area (TPSA) is 103 Å². The van der Waals surface area contributed by atoms with Crippen molar-refractivity contribution in [2.45, 2.75) is 71.1 Å². The van der Waals surface area contributed by atoms with Crippen molar-refractivity contribution < 1.29 is 27.8 Å². The van der Waals surface area contributed by atoms with Crippen molar-refractivity contribution in [1.82, 2.24) is 20.1 Å². The summed E-state index contributed by atoms with van der Waals surface area (Å²) in [7, 11) is 1.51. The lowest BCUT2D eigenvalue weighted by molar-refractivity contribution is -0.00351. The minimum Gasteiger partial charge on any atom is -0.467 e. The number of hydrogen-bond acceptors (Lipinski definition) is 9. The van der Waals surface area contributed by atoms with Gasteiger partial charge in [0.05, 0.1) is 23.5 Å². The largest absolute Gasteiger partial charge is 0.467 e. The summed E-state index contributed by atoms with van der Waals surface area (Å²) < 4.78 is 37.3. The maximum absolute atomic E-state index is 15.2. The van der Waals surface area contributed by atoms with Gasteiger partial charge in [0.15, 0.2) is 24.3 Å². The number of rotatable bonds is 8. The molecule has 40 heavy (non-hydrogen) atoms. The Kier molecular flexibility index (Phi) is 7.93. The molecule has 1 aliphatic carbocycles. The molecule has 2 fully saturated rings. The number of aromatic nitrogens is 3. The SMILES string of the molecule is COCOc1cc(-c2cnc(C)o2)c(F)cc1-c1ccc(N2CC[C@H](N(C(=O)OC(C)(C)C)C3CCC3)C2)nn1. The molecule has 3 aromatic rings. The molecule has 0 unspecified atom stereocenters. The molecule has 0 bridgehead atoms. The first-order chi connectivity index (χ1) is 19.1. The molecule has 1 saturated heterocycles. The molecule has 0 spiro atoms. The maximum Gasteiger partial charge on any atom is 0.410 e. The van der Waals surface area contributed by atoms with Crippen molar-refractivity contribution in [3.8, 4) is 28.3 Å². The van der Waals surface area contributed by atoms with Crippen molar-refractivity contribution in [2.75, 3.05) is 31.9 Å². The van der Waals surface area contributed by atoms with E-state index in [0.29, 0.717) is 41.0 Å². The van der Waals surface area contributed by atoms with E-state index in [9.17, 15) is 4.79 Å². The van der Waals surface area contributed by atoms with Crippen LogP contribution in [0.25, 0.3) is 22.6 Å². The van der Waals surface area contributed by atoms with E-state index in [0.717, 1.165) is 32.2 Å². The molecule has 2 aromatic heterocycles. The molecule has 1 atom stereocenters. The zero-order valence-corrected chi connectivity index (χ0v) is 23.6. The zero-order valence-electron chi connectivity index (χ0n) is 23.6. The van der Waals surface area contributed by atoms with Crippen LogP contribution in [0.2, 0.25) is 0 Å². The fraction of sp³-hybridized carbons (Fsp3) is 0.517. The van der Waals surface area contributed by atoms with Crippen molar-refractivity contribution in [3.05, 3.63) is 42.2 Å². The van der Waals surface area contributed by atoms with Gasteiger partial charge < -0.3 is 28.4 Å². The molecule has 0 radical (unpaired) electrons. The molecular formula is C29H36FN5O5. The zero-order chi connectivity index (χ0) is 28.4. The van der Waals surface area contributed by atoms with E-state index in [2.05, 4.69) is 20.1 Å². The van der Waals surface area contributed by atoms with Gasteiger partial charge in [0, 0.05) is 38.7 Å². The highest BCUT2D eigenvalue weighted by Gasteiger charge is 2.40. The second-order valence-corrected chi connectivity index (χ2v) is 11.3. The standard InChI is InChI=1S/C29H36FN5O5/c1-18-31-15-26(39-18)21-14-25(38-17-37-5)22(13-23(21)30)24-9-10-27(33-32-24)34-12-11-20(16-34)35(19-7-6-8-19)28(36)40-29(2,3)4/h9-10,13-15,19-20H,6-8,11-12,16-17H2,1-5H3/t20-/m0/s1. The summed E-state index contributed by atoms with van der Waals surface area (Å²) >= 11 is 0. The minimum absolute atomic E-state index is 0.0245. The number of anilines is 1. The van der Waals surface area contributed by atoms with Gasteiger partial charge in [0.1, 0.15) is 17.2 Å². The second-order valence-electron chi connectivity index (χ2n) is 11.3. The lowest BCUT2D eigenvalue weighted by atomic mass is 9.90. The number of ether oxygens (including phenoxy) is 3. The molecule has 11 heteroatoms. The molecule has 1 aromatic carbocycles. The van der Waals surface area contributed by atoms with Gasteiger partial charge >= 0.3 is 6.09 Å². The van der Waals surface area contributed by atoms with Crippen LogP contribution in [0.15, 0.2) is 34.9 Å². The number of carbonyl (C=O) groups is 1. The normalized spacial score (nSPS) is 17.6. The first-order valence-corrected chi connectivity index (χ1v) is 13.6. The number of halogens is 1. The monoisotopic (exact) mass is 553 g/mol. The lowest BCUT2D eigenvalue weighted by Crippen LogP contribution is -2.52. The van der Waals surface area contributed by atoms with E-state index in [1.807, 2.05) is 31.7 Å². The Morgan fingerprint density at radius 3 is 2.55 bits per heavy atom. The number of benzene rings is 1. The quantitative estimate of drug-likeness (QED) is 0.330. The van der Waals surface area contributed by atoms with E-state index >= 15 is 4.39 Å². The third kappa shape index (κ3) is 6.04. The molecule has 3 heterocycles. The average Bonchev–Trinajstić information content (AvgIpc) is 3.53. The van der Waals surface area contributed by atoms with Gasteiger partial charge in [-0.2, -0.15) is 0 Å². The van der Waals surface area contributed by atoms with Crippen LogP contribution in [0.5, 0.6) is 5.75 Å². The molecule has 5 rings (SSSR count). The third-order valence-electron chi connectivity index (χ3n) is 7.17. The molecule has 2 aliphatic rings. The van der Waals surface area contributed by atoms with E-state index in [-0.39, 0.29) is 30.5 Å². The van der Waals surface area contributed by atoms with Gasteiger partial charge in [-0.1, -0.05) is 0 Å². The Morgan fingerprint density at radius 1 is 1.15 bits per heavy atom. The average molecular weight is 554 g/mol. The summed E-state index contributed by atoms with van der Waals surface area (Å²) in [4.78, 5) is 21.2. The first kappa shape index (κ1) is 27.8. The number of amides is 1. The molecule has 10 nitrogen and oxygen atoms in total. The van der Waals surface area contributed by atoms with Crippen LogP contribution in [0, 0.1) is 12.7 Å². The van der Waals surface area contributed by atoms with Gasteiger partial charge in [-0.3, -0.25) is 0 Å². The predicted octanol–water partition coefficient (Wildman–Crippen LogP) is 5.60. The van der Waals surface area contributed by atoms with Crippen LogP contribution in [0.4, 0.5) is 15.0 Å². The number of aryl methyl sites for hydroxylation is 1. The van der Waals surface area contributed by atoms with Gasteiger partial charge in [0.25, 0.3) is 0 Å².